The SMILES string of the molecule is COc1ccc(F)c(CN2CCc3nnc(C(C)NC(=O)c4ccco4)n3CC2)c1. The largest absolute Gasteiger partial charge is 0.497 e. The molecule has 0 saturated heterocycles. The van der Waals surface area contributed by atoms with Gasteiger partial charge < -0.3 is 19.0 Å². The van der Waals surface area contributed by atoms with Crippen molar-refractivity contribution in [3.63, 3.8) is 0 Å². The van der Waals surface area contributed by atoms with Crippen LogP contribution in [0.2, 0.25) is 0 Å². The van der Waals surface area contributed by atoms with Gasteiger partial charge in [0, 0.05) is 38.2 Å². The van der Waals surface area contributed by atoms with Gasteiger partial charge in [-0.05, 0) is 37.3 Å². The van der Waals surface area contributed by atoms with Crippen LogP contribution in [0.15, 0.2) is 41.0 Å². The number of hydrogen-bond acceptors (Lipinski definition) is 6. The van der Waals surface area contributed by atoms with Crippen LogP contribution in [-0.2, 0) is 19.5 Å². The summed E-state index contributed by atoms with van der Waals surface area (Å²) < 4.78 is 26.6. The maximum atomic E-state index is 14.2. The lowest BCUT2D eigenvalue weighted by molar-refractivity contribution is 0.0909. The van der Waals surface area contributed by atoms with Crippen LogP contribution in [0.25, 0.3) is 0 Å². The van der Waals surface area contributed by atoms with Crippen molar-refractivity contribution >= 4 is 5.91 Å². The number of nitrogens with zero attached hydrogens (tertiary/aromatic N) is 4. The quantitative estimate of drug-likeness (QED) is 0.669. The first-order valence-corrected chi connectivity index (χ1v) is 9.86. The van der Waals surface area contributed by atoms with Crippen LogP contribution >= 0.6 is 0 Å². The maximum absolute atomic E-state index is 14.2. The molecule has 1 aliphatic rings. The average molecular weight is 413 g/mol. The number of rotatable bonds is 6. The summed E-state index contributed by atoms with van der Waals surface area (Å²) in [6, 6.07) is 7.74. The zero-order chi connectivity index (χ0) is 21.1. The van der Waals surface area contributed by atoms with Gasteiger partial charge in [0.1, 0.15) is 17.4 Å². The van der Waals surface area contributed by atoms with E-state index in [9.17, 15) is 9.18 Å². The van der Waals surface area contributed by atoms with Crippen LogP contribution in [0.1, 0.15) is 40.7 Å². The van der Waals surface area contributed by atoms with Gasteiger partial charge in [-0.15, -0.1) is 10.2 Å². The van der Waals surface area contributed by atoms with Crippen molar-refractivity contribution in [2.75, 3.05) is 20.2 Å². The first-order valence-electron chi connectivity index (χ1n) is 9.86. The zero-order valence-electron chi connectivity index (χ0n) is 17.0. The lowest BCUT2D eigenvalue weighted by Crippen LogP contribution is -2.30. The Morgan fingerprint density at radius 2 is 2.17 bits per heavy atom. The molecule has 0 spiro atoms. The van der Waals surface area contributed by atoms with Crippen molar-refractivity contribution < 1.29 is 18.3 Å². The Morgan fingerprint density at radius 1 is 1.30 bits per heavy atom. The number of ether oxygens (including phenoxy) is 1. The Balaban J connectivity index is 1.43. The molecule has 9 heteroatoms. The van der Waals surface area contributed by atoms with E-state index in [1.807, 2.05) is 11.5 Å². The molecule has 0 radical (unpaired) electrons. The molecule has 1 amide bonds. The summed E-state index contributed by atoms with van der Waals surface area (Å²) in [5, 5.41) is 11.5. The highest BCUT2D eigenvalue weighted by molar-refractivity contribution is 5.91. The molecule has 1 unspecified atom stereocenters. The molecule has 1 aromatic carbocycles. The first kappa shape index (κ1) is 20.1. The van der Waals surface area contributed by atoms with E-state index >= 15 is 0 Å². The second-order valence-corrected chi connectivity index (χ2v) is 7.28. The molecule has 2 aromatic heterocycles. The van der Waals surface area contributed by atoms with Gasteiger partial charge in [-0.1, -0.05) is 0 Å². The summed E-state index contributed by atoms with van der Waals surface area (Å²) in [7, 11) is 1.57. The van der Waals surface area contributed by atoms with Crippen LogP contribution in [0.4, 0.5) is 4.39 Å². The Labute approximate surface area is 173 Å². The molecule has 158 valence electrons. The van der Waals surface area contributed by atoms with Crippen molar-refractivity contribution in [2.45, 2.75) is 32.5 Å². The number of amides is 1. The summed E-state index contributed by atoms with van der Waals surface area (Å²) in [4.78, 5) is 14.5. The minimum atomic E-state index is -0.328. The van der Waals surface area contributed by atoms with Gasteiger partial charge in [-0.25, -0.2) is 4.39 Å². The lowest BCUT2D eigenvalue weighted by atomic mass is 10.2. The summed E-state index contributed by atoms with van der Waals surface area (Å²) in [6.07, 6.45) is 2.15. The van der Waals surface area contributed by atoms with Crippen molar-refractivity contribution in [1.82, 2.24) is 25.0 Å². The Kier molecular flexibility index (Phi) is 5.80. The van der Waals surface area contributed by atoms with Gasteiger partial charge in [0.15, 0.2) is 11.6 Å². The van der Waals surface area contributed by atoms with Crippen LogP contribution < -0.4 is 10.1 Å². The van der Waals surface area contributed by atoms with Gasteiger partial charge in [-0.2, -0.15) is 0 Å². The highest BCUT2D eigenvalue weighted by Crippen LogP contribution is 2.21. The summed E-state index contributed by atoms with van der Waals surface area (Å²) in [5.74, 6) is 1.91. The number of aromatic nitrogens is 3. The molecule has 8 nitrogen and oxygen atoms in total. The normalized spacial score (nSPS) is 15.3. The number of nitrogens with one attached hydrogen (secondary N) is 1. The van der Waals surface area contributed by atoms with Crippen LogP contribution in [0.3, 0.4) is 0 Å². The van der Waals surface area contributed by atoms with Crippen molar-refractivity contribution in [3.8, 4) is 5.75 Å². The van der Waals surface area contributed by atoms with Gasteiger partial charge in [0.2, 0.25) is 0 Å². The molecule has 0 saturated carbocycles. The maximum Gasteiger partial charge on any atom is 0.287 e. The molecule has 4 rings (SSSR count). The number of carbonyl (C=O) groups is 1. The fourth-order valence-electron chi connectivity index (χ4n) is 3.65. The third-order valence-corrected chi connectivity index (χ3v) is 5.27. The van der Waals surface area contributed by atoms with E-state index in [1.165, 1.54) is 12.3 Å². The fraction of sp³-hybridized carbons (Fsp3) is 0.381. The van der Waals surface area contributed by atoms with E-state index in [4.69, 9.17) is 9.15 Å². The third-order valence-electron chi connectivity index (χ3n) is 5.27. The summed E-state index contributed by atoms with van der Waals surface area (Å²) >= 11 is 0. The number of halogens is 1. The number of methoxy groups -OCH3 is 1. The molecule has 3 aromatic rings. The molecule has 0 bridgehead atoms. The third kappa shape index (κ3) is 4.20. The number of furan rings is 1. The number of benzene rings is 1. The second kappa shape index (κ2) is 8.66. The topological polar surface area (TPSA) is 85.4 Å². The smallest absolute Gasteiger partial charge is 0.287 e. The van der Waals surface area contributed by atoms with E-state index in [-0.39, 0.29) is 23.5 Å². The molecule has 1 atom stereocenters. The van der Waals surface area contributed by atoms with Crippen LogP contribution in [-0.4, -0.2) is 45.8 Å². The summed E-state index contributed by atoms with van der Waals surface area (Å²) in [6.45, 7) is 4.47. The molecular weight excluding hydrogens is 389 g/mol. The standard InChI is InChI=1S/C21H24FN5O3/c1-14(23-21(28)18-4-3-11-30-18)20-25-24-19-7-8-26(9-10-27(19)20)13-15-12-16(29-2)5-6-17(15)22/h3-6,11-12,14H,7-10,13H2,1-2H3,(H,23,28). The van der Waals surface area contributed by atoms with Gasteiger partial charge >= 0.3 is 0 Å². The van der Waals surface area contributed by atoms with E-state index < -0.39 is 0 Å². The predicted octanol–water partition coefficient (Wildman–Crippen LogP) is 2.57. The number of fused-ring (bicyclic) bond motifs is 1. The molecular formula is C21H24FN5O3. The molecule has 1 aliphatic heterocycles. The second-order valence-electron chi connectivity index (χ2n) is 7.28. The monoisotopic (exact) mass is 413 g/mol. The van der Waals surface area contributed by atoms with Crippen LogP contribution in [0.5, 0.6) is 5.75 Å². The first-order chi connectivity index (χ1) is 14.5. The average Bonchev–Trinajstić information content (AvgIpc) is 3.38. The van der Waals surface area contributed by atoms with E-state index in [0.717, 1.165) is 12.4 Å². The van der Waals surface area contributed by atoms with Crippen molar-refractivity contribution in [2.24, 2.45) is 0 Å². The molecule has 0 aliphatic carbocycles. The fourth-order valence-corrected chi connectivity index (χ4v) is 3.65. The van der Waals surface area contributed by atoms with E-state index in [2.05, 4.69) is 20.4 Å². The Bertz CT molecular complexity index is 1020. The molecule has 0 fully saturated rings. The van der Waals surface area contributed by atoms with Crippen molar-refractivity contribution in [3.05, 3.63) is 65.4 Å². The van der Waals surface area contributed by atoms with Gasteiger partial charge in [0.05, 0.1) is 19.4 Å². The van der Waals surface area contributed by atoms with Crippen LogP contribution in [0, 0.1) is 5.82 Å². The highest BCUT2D eigenvalue weighted by atomic mass is 19.1. The predicted molar refractivity (Wildman–Crippen MR) is 107 cm³/mol. The minimum Gasteiger partial charge on any atom is -0.497 e. The molecule has 3 heterocycles. The Morgan fingerprint density at radius 3 is 2.93 bits per heavy atom. The highest BCUT2D eigenvalue weighted by Gasteiger charge is 2.24. The zero-order valence-corrected chi connectivity index (χ0v) is 17.0. The lowest BCUT2D eigenvalue weighted by Gasteiger charge is -2.20. The summed E-state index contributed by atoms with van der Waals surface area (Å²) in [5.41, 5.74) is 0.603. The van der Waals surface area contributed by atoms with E-state index in [0.29, 0.717) is 43.2 Å². The van der Waals surface area contributed by atoms with Gasteiger partial charge in [0.25, 0.3) is 5.91 Å². The van der Waals surface area contributed by atoms with E-state index in [1.54, 1.807) is 31.4 Å². The number of hydrogen-bond donors (Lipinski definition) is 1. The molecule has 1 N–H and O–H groups in total. The van der Waals surface area contributed by atoms with Crippen molar-refractivity contribution in [1.29, 1.82) is 0 Å². The number of carbonyl (C=O) groups excluding carboxylic acids is 1. The minimum absolute atomic E-state index is 0.241. The Hall–Kier alpha value is -3.20. The van der Waals surface area contributed by atoms with Gasteiger partial charge in [-0.3, -0.25) is 9.69 Å². The molecule has 30 heavy (non-hydrogen) atoms.